The molecule has 0 unspecified atom stereocenters. The fourth-order valence-corrected chi connectivity index (χ4v) is 3.98. The number of amides is 1. The van der Waals surface area contributed by atoms with Gasteiger partial charge in [0, 0.05) is 67.0 Å². The van der Waals surface area contributed by atoms with Crippen molar-refractivity contribution in [1.82, 2.24) is 14.8 Å². The Labute approximate surface area is 211 Å². The van der Waals surface area contributed by atoms with E-state index in [1.165, 1.54) is 12.3 Å². The number of benzene rings is 2. The van der Waals surface area contributed by atoms with Crippen LogP contribution in [0.3, 0.4) is 0 Å². The number of nitrogens with one attached hydrogen (secondary N) is 5. The number of rotatable bonds is 8. The summed E-state index contributed by atoms with van der Waals surface area (Å²) in [5.41, 5.74) is 8.63. The van der Waals surface area contributed by atoms with Gasteiger partial charge < -0.3 is 30.8 Å². The van der Waals surface area contributed by atoms with Crippen LogP contribution in [0.1, 0.15) is 11.1 Å². The van der Waals surface area contributed by atoms with E-state index in [0.29, 0.717) is 30.0 Å². The van der Waals surface area contributed by atoms with Crippen molar-refractivity contribution in [2.75, 3.05) is 50.4 Å². The number of anilines is 2. The van der Waals surface area contributed by atoms with Gasteiger partial charge >= 0.3 is 0 Å². The first kappa shape index (κ1) is 25.6. The molecule has 4 rings (SSSR count). The van der Waals surface area contributed by atoms with Crippen LogP contribution in [-0.4, -0.2) is 66.7 Å². The van der Waals surface area contributed by atoms with Crippen molar-refractivity contribution in [3.63, 3.8) is 0 Å². The molecule has 0 atom stereocenters. The lowest BCUT2D eigenvalue weighted by Gasteiger charge is -2.32. The second kappa shape index (κ2) is 11.1. The molecule has 2 heterocycles. The van der Waals surface area contributed by atoms with Crippen molar-refractivity contribution in [2.24, 2.45) is 5.11 Å². The molecule has 10 nitrogen and oxygen atoms in total. The van der Waals surface area contributed by atoms with Crippen LogP contribution >= 0.6 is 0 Å². The van der Waals surface area contributed by atoms with Crippen molar-refractivity contribution in [3.05, 3.63) is 75.7 Å². The van der Waals surface area contributed by atoms with Crippen LogP contribution in [0.25, 0.3) is 16.6 Å². The average molecular weight is 509 g/mol. The molecule has 5 N–H and O–H groups in total. The number of likely N-dealkylation sites (N-methyl/N-ethyl adjacent to an activating group) is 1. The van der Waals surface area contributed by atoms with Crippen LogP contribution in [0, 0.1) is 22.6 Å². The molecule has 0 aliphatic carbocycles. The maximum absolute atomic E-state index is 13.6. The van der Waals surface area contributed by atoms with Crippen molar-refractivity contribution in [2.45, 2.75) is 0 Å². The van der Waals surface area contributed by atoms with Crippen LogP contribution in [0.2, 0.25) is 0 Å². The van der Waals surface area contributed by atoms with E-state index in [1.807, 2.05) is 11.9 Å². The van der Waals surface area contributed by atoms with E-state index in [1.54, 1.807) is 18.2 Å². The Morgan fingerprint density at radius 2 is 1.86 bits per heavy atom. The molecule has 1 aliphatic rings. The van der Waals surface area contributed by atoms with E-state index in [2.05, 4.69) is 25.6 Å². The monoisotopic (exact) mass is 508 g/mol. The van der Waals surface area contributed by atoms with E-state index in [-0.39, 0.29) is 34.6 Å². The Bertz CT molecular complexity index is 1440. The van der Waals surface area contributed by atoms with Gasteiger partial charge in [0.2, 0.25) is 5.91 Å². The second-order valence-corrected chi connectivity index (χ2v) is 8.64. The first-order valence-electron chi connectivity index (χ1n) is 11.5. The molecule has 3 aromatic rings. The summed E-state index contributed by atoms with van der Waals surface area (Å²) in [6.45, 7) is 3.13. The number of carbonyl (C=O) groups excluding carboxylic acids is 1. The molecule has 192 valence electrons. The number of aromatic amines is 1. The number of piperazine rings is 1. The summed E-state index contributed by atoms with van der Waals surface area (Å²) in [6, 6.07) is 8.26. The van der Waals surface area contributed by atoms with Crippen molar-refractivity contribution >= 4 is 40.1 Å². The van der Waals surface area contributed by atoms with Gasteiger partial charge in [0.25, 0.3) is 5.56 Å². The first-order valence-corrected chi connectivity index (χ1v) is 11.5. The summed E-state index contributed by atoms with van der Waals surface area (Å²) in [5, 5.41) is 17.4. The predicted octanol–water partition coefficient (Wildman–Crippen LogP) is 3.43. The van der Waals surface area contributed by atoms with Gasteiger partial charge in [-0.1, -0.05) is 0 Å². The quantitative estimate of drug-likeness (QED) is 0.234. The SMILES string of the molecule is CN1CCN(C(=O)CNc2ccc(N/C=C(\N=N)c3cc4cc(F)c(F)cc4[nH]c3=O)cc2C=N)CC1. The van der Waals surface area contributed by atoms with Gasteiger partial charge in [0.1, 0.15) is 5.70 Å². The zero-order chi connectivity index (χ0) is 26.5. The fraction of sp³-hybridized carbons (Fsp3) is 0.240. The number of H-pyrrole nitrogens is 1. The number of hydrogen-bond donors (Lipinski definition) is 5. The van der Waals surface area contributed by atoms with Gasteiger partial charge in [0.15, 0.2) is 11.6 Å². The number of pyridine rings is 1. The third-order valence-corrected chi connectivity index (χ3v) is 6.15. The lowest BCUT2D eigenvalue weighted by molar-refractivity contribution is -0.130. The lowest BCUT2D eigenvalue weighted by atomic mass is 10.1. The molecule has 37 heavy (non-hydrogen) atoms. The first-order chi connectivity index (χ1) is 17.8. The van der Waals surface area contributed by atoms with Gasteiger partial charge in [-0.05, 0) is 37.4 Å². The lowest BCUT2D eigenvalue weighted by Crippen LogP contribution is -2.48. The molecule has 1 aromatic heterocycles. The van der Waals surface area contributed by atoms with Gasteiger partial charge in [0.05, 0.1) is 17.6 Å². The Kier molecular flexibility index (Phi) is 7.68. The minimum atomic E-state index is -1.08. The largest absolute Gasteiger partial charge is 0.376 e. The molecule has 1 amide bonds. The molecule has 1 aliphatic heterocycles. The Balaban J connectivity index is 1.49. The molecule has 0 bridgehead atoms. The highest BCUT2D eigenvalue weighted by molar-refractivity contribution is 5.90. The van der Waals surface area contributed by atoms with Crippen molar-refractivity contribution < 1.29 is 13.6 Å². The van der Waals surface area contributed by atoms with Crippen molar-refractivity contribution in [1.29, 1.82) is 10.9 Å². The van der Waals surface area contributed by atoms with Crippen LogP contribution in [0.4, 0.5) is 20.2 Å². The number of halogens is 2. The summed E-state index contributed by atoms with van der Waals surface area (Å²) in [7, 11) is 2.02. The summed E-state index contributed by atoms with van der Waals surface area (Å²) in [5.74, 6) is -2.16. The van der Waals surface area contributed by atoms with Crippen LogP contribution in [0.15, 0.2) is 52.5 Å². The zero-order valence-electron chi connectivity index (χ0n) is 20.1. The maximum Gasteiger partial charge on any atom is 0.258 e. The minimum absolute atomic E-state index is 0.00556. The summed E-state index contributed by atoms with van der Waals surface area (Å²) in [6.07, 6.45) is 2.48. The van der Waals surface area contributed by atoms with Gasteiger partial charge in [-0.15, -0.1) is 0 Å². The highest BCUT2D eigenvalue weighted by atomic mass is 19.2. The van der Waals surface area contributed by atoms with Gasteiger partial charge in [-0.25, -0.2) is 14.3 Å². The molecular weight excluding hydrogens is 482 g/mol. The predicted molar refractivity (Wildman–Crippen MR) is 138 cm³/mol. The highest BCUT2D eigenvalue weighted by Gasteiger charge is 2.19. The summed E-state index contributed by atoms with van der Waals surface area (Å²) >= 11 is 0. The number of aromatic nitrogens is 1. The third-order valence-electron chi connectivity index (χ3n) is 6.15. The van der Waals surface area contributed by atoms with Crippen LogP contribution in [0.5, 0.6) is 0 Å². The van der Waals surface area contributed by atoms with E-state index >= 15 is 0 Å². The molecule has 0 spiro atoms. The molecular formula is C25H26F2N8O2. The Morgan fingerprint density at radius 3 is 2.57 bits per heavy atom. The molecule has 1 saturated heterocycles. The fourth-order valence-electron chi connectivity index (χ4n) is 3.98. The smallest absolute Gasteiger partial charge is 0.258 e. The molecule has 0 saturated carbocycles. The topological polar surface area (TPSA) is 141 Å². The molecule has 12 heteroatoms. The molecule has 0 radical (unpaired) electrons. The molecule has 2 aromatic carbocycles. The standard InChI is InChI=1S/C25H26F2N8O2/c1-34-4-6-35(7-5-34)24(36)14-31-21-3-2-17(8-16(21)12-28)30-13-23(33-29)18-9-15-10-19(26)20(27)11-22(15)32-25(18)37/h2-3,8-13,28-31H,4-7,14H2,1H3,(H,32,37)/b23-13-,28-12?,33-29?. The number of carbonyl (C=O) groups is 1. The summed E-state index contributed by atoms with van der Waals surface area (Å²) in [4.78, 5) is 31.4. The van der Waals surface area contributed by atoms with E-state index in [0.717, 1.165) is 31.4 Å². The average Bonchev–Trinajstić information content (AvgIpc) is 2.89. The van der Waals surface area contributed by atoms with Crippen LogP contribution in [-0.2, 0) is 4.79 Å². The Hall–Kier alpha value is -4.45. The Morgan fingerprint density at radius 1 is 1.14 bits per heavy atom. The normalized spacial score (nSPS) is 14.5. The van der Waals surface area contributed by atoms with E-state index < -0.39 is 17.2 Å². The summed E-state index contributed by atoms with van der Waals surface area (Å²) < 4.78 is 27.1. The highest BCUT2D eigenvalue weighted by Crippen LogP contribution is 2.22. The van der Waals surface area contributed by atoms with Gasteiger partial charge in [-0.3, -0.25) is 9.59 Å². The zero-order valence-corrected chi connectivity index (χ0v) is 20.1. The van der Waals surface area contributed by atoms with Gasteiger partial charge in [-0.2, -0.15) is 5.11 Å². The van der Waals surface area contributed by atoms with E-state index in [4.69, 9.17) is 10.9 Å². The maximum atomic E-state index is 13.6. The second-order valence-electron chi connectivity index (χ2n) is 8.64. The van der Waals surface area contributed by atoms with Crippen LogP contribution < -0.4 is 16.2 Å². The molecule has 1 fully saturated rings. The van der Waals surface area contributed by atoms with Crippen molar-refractivity contribution in [3.8, 4) is 0 Å². The third kappa shape index (κ3) is 5.86. The number of hydrogen-bond acceptors (Lipinski definition) is 8. The number of fused-ring (bicyclic) bond motifs is 1. The minimum Gasteiger partial charge on any atom is -0.376 e. The van der Waals surface area contributed by atoms with E-state index in [9.17, 15) is 18.4 Å². The number of nitrogens with zero attached hydrogens (tertiary/aromatic N) is 3.